The minimum absolute atomic E-state index is 0.172. The Morgan fingerprint density at radius 1 is 1.56 bits per heavy atom. The quantitative estimate of drug-likeness (QED) is 0.800. The molecule has 2 N–H and O–H groups in total. The maximum Gasteiger partial charge on any atom is 0.407 e. The molecule has 0 aliphatic carbocycles. The van der Waals surface area contributed by atoms with Crippen LogP contribution in [0.2, 0.25) is 0 Å². The first-order valence-corrected chi connectivity index (χ1v) is 6.70. The number of amides is 1. The Bertz CT molecular complexity index is 283. The van der Waals surface area contributed by atoms with Crippen LogP contribution in [0.3, 0.4) is 0 Å². The Kier molecular flexibility index (Phi) is 4.79. The molecule has 0 bridgehead atoms. The Morgan fingerprint density at radius 2 is 2.25 bits per heavy atom. The van der Waals surface area contributed by atoms with Crippen LogP contribution in [0.1, 0.15) is 13.8 Å². The van der Waals surface area contributed by atoms with Crippen LogP contribution in [0.5, 0.6) is 0 Å². The zero-order valence-electron chi connectivity index (χ0n) is 9.19. The molecule has 1 aliphatic rings. The van der Waals surface area contributed by atoms with Crippen LogP contribution >= 0.6 is 23.5 Å². The summed E-state index contributed by atoms with van der Waals surface area (Å²) >= 11 is 3.61. The van der Waals surface area contributed by atoms with E-state index >= 15 is 0 Å². The summed E-state index contributed by atoms with van der Waals surface area (Å²) in [5, 5.41) is 10.8. The second kappa shape index (κ2) is 5.67. The zero-order valence-corrected chi connectivity index (χ0v) is 10.8. The molecule has 1 heterocycles. The highest BCUT2D eigenvalue weighted by atomic mass is 32.2. The van der Waals surface area contributed by atoms with Crippen molar-refractivity contribution < 1.29 is 19.4 Å². The molecule has 0 aromatic carbocycles. The van der Waals surface area contributed by atoms with Crippen molar-refractivity contribution in [2.24, 2.45) is 0 Å². The van der Waals surface area contributed by atoms with Crippen LogP contribution in [0.4, 0.5) is 4.79 Å². The van der Waals surface area contributed by atoms with Crippen molar-refractivity contribution in [3.8, 4) is 0 Å². The van der Waals surface area contributed by atoms with E-state index < -0.39 is 18.6 Å². The van der Waals surface area contributed by atoms with E-state index in [-0.39, 0.29) is 9.33 Å². The number of carboxylic acids is 1. The van der Waals surface area contributed by atoms with Crippen molar-refractivity contribution >= 4 is 35.6 Å². The van der Waals surface area contributed by atoms with Crippen LogP contribution < -0.4 is 5.32 Å². The Morgan fingerprint density at radius 3 is 2.75 bits per heavy atom. The van der Waals surface area contributed by atoms with Crippen molar-refractivity contribution in [2.45, 2.75) is 23.2 Å². The van der Waals surface area contributed by atoms with Crippen molar-refractivity contribution in [3.63, 3.8) is 0 Å². The van der Waals surface area contributed by atoms with Gasteiger partial charge in [0.05, 0.1) is 4.08 Å². The maximum absolute atomic E-state index is 11.1. The fourth-order valence-electron chi connectivity index (χ4n) is 1.21. The number of alkyl carbamates (subject to hydrolysis) is 1. The number of ether oxygens (including phenoxy) is 1. The molecular formula is C9H15NO4S2. The average molecular weight is 265 g/mol. The first-order chi connectivity index (χ1) is 7.39. The largest absolute Gasteiger partial charge is 0.480 e. The summed E-state index contributed by atoms with van der Waals surface area (Å²) in [7, 11) is 0. The van der Waals surface area contributed by atoms with Gasteiger partial charge in [-0.1, -0.05) is 0 Å². The number of carbonyl (C=O) groups is 2. The highest BCUT2D eigenvalue weighted by Crippen LogP contribution is 2.47. The number of aliphatic carboxylic acids is 1. The van der Waals surface area contributed by atoms with E-state index in [4.69, 9.17) is 9.84 Å². The standard InChI is InChI=1S/C9H15NO4S2/c1-9(2)15-5-6(16-9)4-14-8(13)10-3-7(11)12/h6H,3-5H2,1-2H3,(H,10,13)(H,11,12). The van der Waals surface area contributed by atoms with Gasteiger partial charge >= 0.3 is 12.1 Å². The molecule has 1 aliphatic heterocycles. The highest BCUT2D eigenvalue weighted by molar-refractivity contribution is 8.21. The molecule has 5 nitrogen and oxygen atoms in total. The molecule has 16 heavy (non-hydrogen) atoms. The molecule has 0 saturated carbocycles. The van der Waals surface area contributed by atoms with Gasteiger partial charge in [0.25, 0.3) is 0 Å². The summed E-state index contributed by atoms with van der Waals surface area (Å²) in [6.07, 6.45) is -0.669. The van der Waals surface area contributed by atoms with Crippen LogP contribution in [0, 0.1) is 0 Å². The van der Waals surface area contributed by atoms with Gasteiger partial charge in [-0.15, -0.1) is 23.5 Å². The predicted octanol–water partition coefficient (Wildman–Crippen LogP) is 1.38. The second-order valence-electron chi connectivity index (χ2n) is 3.80. The Hall–Kier alpha value is -0.560. The molecular weight excluding hydrogens is 250 g/mol. The minimum atomic E-state index is -1.08. The number of thioether (sulfide) groups is 2. The lowest BCUT2D eigenvalue weighted by Gasteiger charge is -2.15. The number of carbonyl (C=O) groups excluding carboxylic acids is 1. The smallest absolute Gasteiger partial charge is 0.407 e. The van der Waals surface area contributed by atoms with Crippen LogP contribution in [-0.4, -0.2) is 45.4 Å². The van der Waals surface area contributed by atoms with E-state index in [0.717, 1.165) is 5.75 Å². The van der Waals surface area contributed by atoms with Gasteiger partial charge in [-0.2, -0.15) is 0 Å². The first-order valence-electron chi connectivity index (χ1n) is 4.83. The molecule has 1 saturated heterocycles. The topological polar surface area (TPSA) is 75.6 Å². The number of hydrogen-bond donors (Lipinski definition) is 2. The van der Waals surface area contributed by atoms with Gasteiger partial charge in [-0.3, -0.25) is 4.79 Å². The van der Waals surface area contributed by atoms with Gasteiger partial charge in [-0.25, -0.2) is 4.79 Å². The molecule has 1 unspecified atom stereocenters. The third kappa shape index (κ3) is 4.98. The fourth-order valence-corrected chi connectivity index (χ4v) is 4.20. The normalized spacial score (nSPS) is 22.8. The molecule has 92 valence electrons. The summed E-state index contributed by atoms with van der Waals surface area (Å²) in [6, 6.07) is 0. The summed E-state index contributed by atoms with van der Waals surface area (Å²) < 4.78 is 5.09. The van der Waals surface area contributed by atoms with Gasteiger partial charge in [0.2, 0.25) is 0 Å². The van der Waals surface area contributed by atoms with Crippen LogP contribution in [0.15, 0.2) is 0 Å². The lowest BCUT2D eigenvalue weighted by atomic mass is 10.5. The summed E-state index contributed by atoms with van der Waals surface area (Å²) in [4.78, 5) is 21.2. The molecule has 0 radical (unpaired) electrons. The molecule has 1 atom stereocenters. The monoisotopic (exact) mass is 265 g/mol. The summed E-state index contributed by atoms with van der Waals surface area (Å²) in [6.45, 7) is 4.18. The van der Waals surface area contributed by atoms with E-state index in [9.17, 15) is 9.59 Å². The molecule has 0 spiro atoms. The Balaban J connectivity index is 2.15. The molecule has 1 fully saturated rings. The van der Waals surface area contributed by atoms with Crippen LogP contribution in [0.25, 0.3) is 0 Å². The number of carboxylic acid groups (broad SMARTS) is 1. The van der Waals surface area contributed by atoms with Gasteiger partial charge in [0.15, 0.2) is 0 Å². The number of nitrogens with one attached hydrogen (secondary N) is 1. The average Bonchev–Trinajstić information content (AvgIpc) is 2.52. The van der Waals surface area contributed by atoms with Crippen molar-refractivity contribution in [3.05, 3.63) is 0 Å². The van der Waals surface area contributed by atoms with E-state index in [1.807, 2.05) is 11.8 Å². The number of hydrogen-bond acceptors (Lipinski definition) is 5. The fraction of sp³-hybridized carbons (Fsp3) is 0.778. The maximum atomic E-state index is 11.1. The molecule has 1 amide bonds. The SMILES string of the molecule is CC1(C)SCC(COC(=O)NCC(=O)O)S1. The second-order valence-corrected chi connectivity index (χ2v) is 7.62. The summed E-state index contributed by atoms with van der Waals surface area (Å²) in [5.74, 6) is -0.131. The van der Waals surface area contributed by atoms with E-state index in [2.05, 4.69) is 19.2 Å². The highest BCUT2D eigenvalue weighted by Gasteiger charge is 2.33. The summed E-state index contributed by atoms with van der Waals surface area (Å²) in [5.41, 5.74) is 0. The third-order valence-corrected chi connectivity index (χ3v) is 5.17. The van der Waals surface area contributed by atoms with Crippen molar-refractivity contribution in [1.29, 1.82) is 0 Å². The van der Waals surface area contributed by atoms with E-state index in [1.165, 1.54) is 0 Å². The lowest BCUT2D eigenvalue weighted by Crippen LogP contribution is -2.31. The van der Waals surface area contributed by atoms with Crippen molar-refractivity contribution in [2.75, 3.05) is 18.9 Å². The number of rotatable bonds is 4. The Labute approximate surface area is 103 Å². The van der Waals surface area contributed by atoms with E-state index in [0.29, 0.717) is 6.61 Å². The minimum Gasteiger partial charge on any atom is -0.480 e. The molecule has 0 aromatic heterocycles. The lowest BCUT2D eigenvalue weighted by molar-refractivity contribution is -0.135. The van der Waals surface area contributed by atoms with Gasteiger partial charge in [-0.05, 0) is 13.8 Å². The first kappa shape index (κ1) is 13.5. The van der Waals surface area contributed by atoms with Crippen molar-refractivity contribution in [1.82, 2.24) is 5.32 Å². The zero-order chi connectivity index (χ0) is 12.2. The third-order valence-electron chi connectivity index (χ3n) is 1.85. The molecule has 1 rings (SSSR count). The van der Waals surface area contributed by atoms with Gasteiger partial charge in [0, 0.05) is 11.0 Å². The predicted molar refractivity (Wildman–Crippen MR) is 64.9 cm³/mol. The van der Waals surface area contributed by atoms with Gasteiger partial charge < -0.3 is 15.2 Å². The van der Waals surface area contributed by atoms with Gasteiger partial charge in [0.1, 0.15) is 13.2 Å². The molecule has 0 aromatic rings. The van der Waals surface area contributed by atoms with E-state index in [1.54, 1.807) is 11.8 Å². The molecule has 7 heteroatoms. The van der Waals surface area contributed by atoms with Crippen LogP contribution in [-0.2, 0) is 9.53 Å².